The standard InChI is InChI=1S/C4H9.2C2H4O2.Co/c1-3-4-2;2*1-2(3)4;/h1,3-4H2,2H3;2*1H3,(H,3,4);/q-1;;;+3/p-2. The Morgan fingerprint density at radius 3 is 1.23 bits per heavy atom. The van der Waals surface area contributed by atoms with Crippen LogP contribution in [0.25, 0.3) is 0 Å². The quantitative estimate of drug-likeness (QED) is 0.552. The first kappa shape index (κ1) is 22.9. The van der Waals surface area contributed by atoms with Gasteiger partial charge in [0, 0.05) is 11.9 Å². The molecule has 0 saturated carbocycles. The minimum absolute atomic E-state index is 0. The van der Waals surface area contributed by atoms with E-state index in [0.29, 0.717) is 0 Å². The normalized spacial score (nSPS) is 6.15. The largest absolute Gasteiger partial charge is 3.00 e. The van der Waals surface area contributed by atoms with Crippen molar-refractivity contribution in [3.63, 3.8) is 0 Å². The number of hydrogen-bond donors (Lipinski definition) is 0. The van der Waals surface area contributed by atoms with Crippen LogP contribution in [0.1, 0.15) is 33.6 Å². The maximum absolute atomic E-state index is 8.89. The molecule has 0 aliphatic carbocycles. The van der Waals surface area contributed by atoms with E-state index in [1.54, 1.807) is 0 Å². The average molecular weight is 234 g/mol. The Morgan fingerprint density at radius 1 is 1.15 bits per heavy atom. The van der Waals surface area contributed by atoms with Crippen LogP contribution in [0.15, 0.2) is 0 Å². The summed E-state index contributed by atoms with van der Waals surface area (Å²) in [5.41, 5.74) is 0. The van der Waals surface area contributed by atoms with Crippen LogP contribution in [-0.2, 0) is 26.4 Å². The molecule has 0 spiro atoms. The van der Waals surface area contributed by atoms with Gasteiger partial charge in [0.25, 0.3) is 0 Å². The summed E-state index contributed by atoms with van der Waals surface area (Å²) in [5.74, 6) is -2.17. The van der Waals surface area contributed by atoms with Gasteiger partial charge in [0.05, 0.1) is 0 Å². The molecule has 0 rings (SSSR count). The smallest absolute Gasteiger partial charge is 0.550 e. The monoisotopic (exact) mass is 234 g/mol. The molecule has 0 aromatic rings. The minimum Gasteiger partial charge on any atom is -0.550 e. The van der Waals surface area contributed by atoms with Crippen molar-refractivity contribution in [3.05, 3.63) is 6.92 Å². The molecule has 0 aromatic heterocycles. The molecule has 0 atom stereocenters. The maximum atomic E-state index is 8.89. The third-order valence-corrected chi connectivity index (χ3v) is 0.354. The van der Waals surface area contributed by atoms with Crippen molar-refractivity contribution >= 4 is 11.9 Å². The summed E-state index contributed by atoms with van der Waals surface area (Å²) < 4.78 is 0. The van der Waals surface area contributed by atoms with Gasteiger partial charge in [-0.25, -0.2) is 0 Å². The molecule has 4 nitrogen and oxygen atoms in total. The van der Waals surface area contributed by atoms with Gasteiger partial charge < -0.3 is 26.7 Å². The van der Waals surface area contributed by atoms with Crippen LogP contribution in [0, 0.1) is 6.92 Å². The Bertz CT molecular complexity index is 92.7. The van der Waals surface area contributed by atoms with Gasteiger partial charge in [0.2, 0.25) is 0 Å². The van der Waals surface area contributed by atoms with Gasteiger partial charge in [-0.2, -0.15) is 6.42 Å². The van der Waals surface area contributed by atoms with Crippen molar-refractivity contribution in [2.45, 2.75) is 33.6 Å². The molecule has 0 unspecified atom stereocenters. The summed E-state index contributed by atoms with van der Waals surface area (Å²) in [5, 5.41) is 17.8. The number of rotatable bonds is 1. The fraction of sp³-hybridized carbons (Fsp3) is 0.625. The van der Waals surface area contributed by atoms with E-state index in [-0.39, 0.29) is 16.8 Å². The molecule has 0 aliphatic heterocycles. The first-order valence-electron chi connectivity index (χ1n) is 3.52. The summed E-state index contributed by atoms with van der Waals surface area (Å²) in [6, 6.07) is 0. The zero-order valence-corrected chi connectivity index (χ0v) is 9.13. The minimum atomic E-state index is -1.08. The molecule has 80 valence electrons. The molecule has 0 aromatic carbocycles. The second kappa shape index (κ2) is 22.5. The second-order valence-electron chi connectivity index (χ2n) is 1.84. The van der Waals surface area contributed by atoms with Crippen LogP contribution in [0.4, 0.5) is 0 Å². The Labute approximate surface area is 89.5 Å². The van der Waals surface area contributed by atoms with Crippen LogP contribution in [-0.4, -0.2) is 11.9 Å². The summed E-state index contributed by atoms with van der Waals surface area (Å²) in [4.78, 5) is 17.8. The molecule has 0 N–H and O–H groups in total. The molecule has 0 fully saturated rings. The maximum Gasteiger partial charge on any atom is 3.00 e. The van der Waals surface area contributed by atoms with Gasteiger partial charge in [-0.1, -0.05) is 13.3 Å². The van der Waals surface area contributed by atoms with Crippen molar-refractivity contribution in [2.24, 2.45) is 0 Å². The second-order valence-corrected chi connectivity index (χ2v) is 1.84. The van der Waals surface area contributed by atoms with Gasteiger partial charge in [0.15, 0.2) is 0 Å². The molecule has 0 saturated heterocycles. The molecule has 0 radical (unpaired) electrons. The number of carbonyl (C=O) groups is 2. The van der Waals surface area contributed by atoms with Gasteiger partial charge in [0.1, 0.15) is 0 Å². The average Bonchev–Trinajstić information content (AvgIpc) is 1.85. The van der Waals surface area contributed by atoms with Crippen LogP contribution in [0.2, 0.25) is 0 Å². The van der Waals surface area contributed by atoms with E-state index >= 15 is 0 Å². The molecule has 0 aliphatic rings. The fourth-order valence-electron chi connectivity index (χ4n) is 0. The van der Waals surface area contributed by atoms with E-state index in [4.69, 9.17) is 19.8 Å². The first-order valence-corrected chi connectivity index (χ1v) is 3.52. The summed E-state index contributed by atoms with van der Waals surface area (Å²) >= 11 is 0. The number of carboxylic acid groups (broad SMARTS) is 2. The molecular formula is C8H15CoO4. The first-order chi connectivity index (χ1) is 5.38. The van der Waals surface area contributed by atoms with Crippen molar-refractivity contribution in [1.29, 1.82) is 0 Å². The summed E-state index contributed by atoms with van der Waals surface area (Å²) in [6.07, 6.45) is 2.28. The Morgan fingerprint density at radius 2 is 1.23 bits per heavy atom. The van der Waals surface area contributed by atoms with Crippen LogP contribution >= 0.6 is 0 Å². The number of carbonyl (C=O) groups excluding carboxylic acids is 2. The SMILES string of the molecule is CC(=O)[O-].CC(=O)[O-].[CH2-]CCC.[Co+3]. The number of aliphatic carboxylic acids is 2. The molecule has 0 bridgehead atoms. The van der Waals surface area contributed by atoms with Crippen molar-refractivity contribution in [3.8, 4) is 0 Å². The van der Waals surface area contributed by atoms with E-state index in [1.165, 1.54) is 6.42 Å². The molecule has 13 heavy (non-hydrogen) atoms. The number of carboxylic acids is 2. The van der Waals surface area contributed by atoms with Crippen molar-refractivity contribution < 1.29 is 36.6 Å². The molecular weight excluding hydrogens is 219 g/mol. The van der Waals surface area contributed by atoms with Crippen molar-refractivity contribution in [2.75, 3.05) is 0 Å². The Balaban J connectivity index is -0.0000000450. The van der Waals surface area contributed by atoms with Crippen molar-refractivity contribution in [1.82, 2.24) is 0 Å². The fourth-order valence-corrected chi connectivity index (χ4v) is 0. The summed E-state index contributed by atoms with van der Waals surface area (Å²) in [7, 11) is 0. The number of hydrogen-bond acceptors (Lipinski definition) is 4. The van der Waals surface area contributed by atoms with Gasteiger partial charge >= 0.3 is 16.8 Å². The Hall–Kier alpha value is -0.554. The predicted molar refractivity (Wildman–Crippen MR) is 41.6 cm³/mol. The van der Waals surface area contributed by atoms with E-state index in [0.717, 1.165) is 20.3 Å². The summed E-state index contributed by atoms with van der Waals surface area (Å²) in [6.45, 7) is 7.67. The van der Waals surface area contributed by atoms with Gasteiger partial charge in [-0.15, -0.1) is 0 Å². The number of unbranched alkanes of at least 4 members (excludes halogenated alkanes) is 1. The van der Waals surface area contributed by atoms with Gasteiger partial charge in [-0.05, 0) is 13.8 Å². The van der Waals surface area contributed by atoms with Gasteiger partial charge in [-0.3, -0.25) is 0 Å². The zero-order chi connectivity index (χ0) is 10.6. The van der Waals surface area contributed by atoms with E-state index in [1.807, 2.05) is 0 Å². The third-order valence-electron chi connectivity index (χ3n) is 0.354. The zero-order valence-electron chi connectivity index (χ0n) is 8.09. The predicted octanol–water partition coefficient (Wildman–Crippen LogP) is -0.870. The topological polar surface area (TPSA) is 80.3 Å². The van der Waals surface area contributed by atoms with E-state index in [9.17, 15) is 0 Å². The third kappa shape index (κ3) is 5120. The molecule has 0 amide bonds. The van der Waals surface area contributed by atoms with Crippen LogP contribution in [0.3, 0.4) is 0 Å². The molecule has 5 heteroatoms. The molecule has 0 heterocycles. The van der Waals surface area contributed by atoms with Crippen LogP contribution in [0.5, 0.6) is 0 Å². The van der Waals surface area contributed by atoms with E-state index < -0.39 is 11.9 Å². The van der Waals surface area contributed by atoms with Crippen LogP contribution < -0.4 is 10.2 Å². The van der Waals surface area contributed by atoms with E-state index in [2.05, 4.69) is 13.8 Å². The Kier molecular flexibility index (Phi) is 39.6.